The van der Waals surface area contributed by atoms with Gasteiger partial charge in [0.1, 0.15) is 0 Å². The zero-order valence-electron chi connectivity index (χ0n) is 10.7. The molecule has 3 N–H and O–H groups in total. The summed E-state index contributed by atoms with van der Waals surface area (Å²) in [6.45, 7) is 0.635. The number of methoxy groups -OCH3 is 1. The Kier molecular flexibility index (Phi) is 4.40. The van der Waals surface area contributed by atoms with Crippen molar-refractivity contribution in [3.63, 3.8) is 0 Å². The summed E-state index contributed by atoms with van der Waals surface area (Å²) in [6.07, 6.45) is 6.70. The van der Waals surface area contributed by atoms with Crippen molar-refractivity contribution >= 4 is 5.91 Å². The van der Waals surface area contributed by atoms with Crippen LogP contribution in [0, 0.1) is 11.8 Å². The van der Waals surface area contributed by atoms with E-state index in [1.165, 1.54) is 0 Å². The van der Waals surface area contributed by atoms with Gasteiger partial charge in [0, 0.05) is 13.0 Å². The minimum atomic E-state index is 0.137. The van der Waals surface area contributed by atoms with Gasteiger partial charge in [-0.2, -0.15) is 0 Å². The molecule has 2 aliphatic rings. The van der Waals surface area contributed by atoms with Gasteiger partial charge < -0.3 is 15.8 Å². The van der Waals surface area contributed by atoms with Crippen LogP contribution in [0.25, 0.3) is 0 Å². The molecule has 4 nitrogen and oxygen atoms in total. The van der Waals surface area contributed by atoms with Crippen LogP contribution in [-0.4, -0.2) is 31.7 Å². The number of rotatable bonds is 4. The molecule has 0 aromatic heterocycles. The third-order valence-corrected chi connectivity index (χ3v) is 4.38. The van der Waals surface area contributed by atoms with Crippen LogP contribution < -0.4 is 11.1 Å². The molecule has 0 aliphatic heterocycles. The predicted octanol–water partition coefficient (Wildman–Crippen LogP) is 1.05. The van der Waals surface area contributed by atoms with Crippen molar-refractivity contribution in [2.45, 2.75) is 50.7 Å². The SMILES string of the molecule is COC1CCCC1NC(=O)C1CCCC1CN. The van der Waals surface area contributed by atoms with E-state index in [1.807, 2.05) is 0 Å². The lowest BCUT2D eigenvalue weighted by atomic mass is 9.95. The largest absolute Gasteiger partial charge is 0.379 e. The molecule has 4 atom stereocenters. The summed E-state index contributed by atoms with van der Waals surface area (Å²) in [4.78, 5) is 12.2. The lowest BCUT2D eigenvalue weighted by Gasteiger charge is -2.23. The van der Waals surface area contributed by atoms with Gasteiger partial charge in [-0.3, -0.25) is 4.79 Å². The highest BCUT2D eigenvalue weighted by molar-refractivity contribution is 5.79. The van der Waals surface area contributed by atoms with Gasteiger partial charge in [-0.25, -0.2) is 0 Å². The molecule has 2 saturated carbocycles. The van der Waals surface area contributed by atoms with Crippen molar-refractivity contribution in [2.24, 2.45) is 17.6 Å². The first-order valence-electron chi connectivity index (χ1n) is 6.79. The molecular weight excluding hydrogens is 216 g/mol. The summed E-state index contributed by atoms with van der Waals surface area (Å²) in [5.74, 6) is 0.724. The number of nitrogens with two attached hydrogens (primary N) is 1. The van der Waals surface area contributed by atoms with Crippen molar-refractivity contribution in [2.75, 3.05) is 13.7 Å². The maximum Gasteiger partial charge on any atom is 0.223 e. The molecule has 17 heavy (non-hydrogen) atoms. The van der Waals surface area contributed by atoms with Gasteiger partial charge in [0.15, 0.2) is 0 Å². The van der Waals surface area contributed by atoms with Gasteiger partial charge in [-0.1, -0.05) is 6.42 Å². The van der Waals surface area contributed by atoms with Crippen molar-refractivity contribution < 1.29 is 9.53 Å². The molecule has 2 rings (SSSR count). The lowest BCUT2D eigenvalue weighted by Crippen LogP contribution is -2.45. The van der Waals surface area contributed by atoms with E-state index in [-0.39, 0.29) is 24.0 Å². The number of hydrogen-bond donors (Lipinski definition) is 2. The smallest absolute Gasteiger partial charge is 0.223 e. The molecule has 0 radical (unpaired) electrons. The number of nitrogens with one attached hydrogen (secondary N) is 1. The average molecular weight is 240 g/mol. The van der Waals surface area contributed by atoms with Crippen molar-refractivity contribution in [3.8, 4) is 0 Å². The molecule has 0 bridgehead atoms. The second kappa shape index (κ2) is 5.83. The third kappa shape index (κ3) is 2.80. The number of amides is 1. The first-order chi connectivity index (χ1) is 8.26. The van der Waals surface area contributed by atoms with E-state index in [0.717, 1.165) is 38.5 Å². The van der Waals surface area contributed by atoms with Crippen LogP contribution in [-0.2, 0) is 9.53 Å². The van der Waals surface area contributed by atoms with E-state index >= 15 is 0 Å². The number of carbonyl (C=O) groups excluding carboxylic acids is 1. The van der Waals surface area contributed by atoms with Crippen LogP contribution in [0.1, 0.15) is 38.5 Å². The van der Waals surface area contributed by atoms with Crippen LogP contribution in [0.5, 0.6) is 0 Å². The Morgan fingerprint density at radius 2 is 2.06 bits per heavy atom. The molecule has 1 amide bonds. The van der Waals surface area contributed by atoms with Crippen LogP contribution in [0.3, 0.4) is 0 Å². The zero-order valence-corrected chi connectivity index (χ0v) is 10.7. The lowest BCUT2D eigenvalue weighted by molar-refractivity contribution is -0.127. The summed E-state index contributed by atoms with van der Waals surface area (Å²) in [6, 6.07) is 0.214. The van der Waals surface area contributed by atoms with E-state index in [2.05, 4.69) is 5.32 Å². The monoisotopic (exact) mass is 240 g/mol. The average Bonchev–Trinajstić information content (AvgIpc) is 2.96. The van der Waals surface area contributed by atoms with Crippen molar-refractivity contribution in [1.29, 1.82) is 0 Å². The van der Waals surface area contributed by atoms with Gasteiger partial charge in [0.25, 0.3) is 0 Å². The summed E-state index contributed by atoms with van der Waals surface area (Å²) >= 11 is 0. The van der Waals surface area contributed by atoms with E-state index < -0.39 is 0 Å². The molecule has 4 heteroatoms. The Labute approximate surface area is 103 Å². The van der Waals surface area contributed by atoms with E-state index in [4.69, 9.17) is 10.5 Å². The topological polar surface area (TPSA) is 64.3 Å². The summed E-state index contributed by atoms with van der Waals surface area (Å²) in [5.41, 5.74) is 5.72. The van der Waals surface area contributed by atoms with E-state index in [9.17, 15) is 4.79 Å². The first kappa shape index (κ1) is 12.8. The highest BCUT2D eigenvalue weighted by atomic mass is 16.5. The molecular formula is C13H24N2O2. The summed E-state index contributed by atoms with van der Waals surface area (Å²) < 4.78 is 5.40. The maximum atomic E-state index is 12.2. The highest BCUT2D eigenvalue weighted by Gasteiger charge is 2.35. The standard InChI is InChI=1S/C13H24N2O2/c1-17-12-7-3-6-11(12)15-13(16)10-5-2-4-9(10)8-14/h9-12H,2-8,14H2,1H3,(H,15,16). The van der Waals surface area contributed by atoms with Gasteiger partial charge in [0.2, 0.25) is 5.91 Å². The Morgan fingerprint density at radius 1 is 1.29 bits per heavy atom. The second-order valence-electron chi connectivity index (χ2n) is 5.35. The minimum absolute atomic E-state index is 0.137. The highest BCUT2D eigenvalue weighted by Crippen LogP contribution is 2.31. The fourth-order valence-corrected chi connectivity index (χ4v) is 3.33. The predicted molar refractivity (Wildman–Crippen MR) is 66.5 cm³/mol. The number of carbonyl (C=O) groups is 1. The van der Waals surface area contributed by atoms with E-state index in [1.54, 1.807) is 7.11 Å². The zero-order chi connectivity index (χ0) is 12.3. The molecule has 0 aromatic carbocycles. The van der Waals surface area contributed by atoms with E-state index in [0.29, 0.717) is 12.5 Å². The Morgan fingerprint density at radius 3 is 2.76 bits per heavy atom. The molecule has 0 aromatic rings. The van der Waals surface area contributed by atoms with Crippen LogP contribution >= 0.6 is 0 Å². The maximum absolute atomic E-state index is 12.2. The molecule has 98 valence electrons. The fourth-order valence-electron chi connectivity index (χ4n) is 3.33. The quantitative estimate of drug-likeness (QED) is 0.772. The molecule has 2 aliphatic carbocycles. The second-order valence-corrected chi connectivity index (χ2v) is 5.35. The summed E-state index contributed by atoms with van der Waals surface area (Å²) in [5, 5.41) is 3.17. The van der Waals surface area contributed by atoms with Crippen LogP contribution in [0.2, 0.25) is 0 Å². The third-order valence-electron chi connectivity index (χ3n) is 4.38. The number of hydrogen-bond acceptors (Lipinski definition) is 3. The van der Waals surface area contributed by atoms with Crippen molar-refractivity contribution in [1.82, 2.24) is 5.32 Å². The molecule has 0 spiro atoms. The normalized spacial score (nSPS) is 37.3. The Hall–Kier alpha value is -0.610. The fraction of sp³-hybridized carbons (Fsp3) is 0.923. The van der Waals surface area contributed by atoms with Crippen LogP contribution in [0.15, 0.2) is 0 Å². The van der Waals surface area contributed by atoms with Gasteiger partial charge >= 0.3 is 0 Å². The summed E-state index contributed by atoms with van der Waals surface area (Å²) in [7, 11) is 1.73. The number of ether oxygens (including phenoxy) is 1. The van der Waals surface area contributed by atoms with Gasteiger partial charge in [-0.15, -0.1) is 0 Å². The Balaban J connectivity index is 1.88. The minimum Gasteiger partial charge on any atom is -0.379 e. The van der Waals surface area contributed by atoms with Crippen LogP contribution in [0.4, 0.5) is 0 Å². The molecule has 0 heterocycles. The molecule has 2 fully saturated rings. The van der Waals surface area contributed by atoms with Gasteiger partial charge in [0.05, 0.1) is 12.1 Å². The molecule has 4 unspecified atom stereocenters. The molecule has 0 saturated heterocycles. The Bertz CT molecular complexity index is 270. The van der Waals surface area contributed by atoms with Gasteiger partial charge in [-0.05, 0) is 44.6 Å². The van der Waals surface area contributed by atoms with Crippen molar-refractivity contribution in [3.05, 3.63) is 0 Å². The first-order valence-corrected chi connectivity index (χ1v) is 6.79.